The van der Waals surface area contributed by atoms with Gasteiger partial charge in [0, 0.05) is 26.6 Å². The van der Waals surface area contributed by atoms with Crippen LogP contribution in [0.2, 0.25) is 0 Å². The van der Waals surface area contributed by atoms with Crippen molar-refractivity contribution in [3.63, 3.8) is 0 Å². The van der Waals surface area contributed by atoms with Gasteiger partial charge in [0.25, 0.3) is 0 Å². The third-order valence-corrected chi connectivity index (χ3v) is 4.03. The summed E-state index contributed by atoms with van der Waals surface area (Å²) in [6.45, 7) is 4.43. The first kappa shape index (κ1) is 16.6. The second kappa shape index (κ2) is 8.03. The van der Waals surface area contributed by atoms with Crippen molar-refractivity contribution >= 4 is 5.97 Å². The fourth-order valence-electron chi connectivity index (χ4n) is 2.81. The molecule has 1 aromatic rings. The van der Waals surface area contributed by atoms with Crippen LogP contribution < -0.4 is 9.47 Å². The molecule has 0 saturated carbocycles. The van der Waals surface area contributed by atoms with E-state index in [9.17, 15) is 4.79 Å². The normalized spacial score (nSPS) is 16.3. The van der Waals surface area contributed by atoms with E-state index in [-0.39, 0.29) is 12.1 Å². The number of likely N-dealkylation sites (tertiary alicyclic amines) is 1. The maximum absolute atomic E-state index is 11.0. The number of piperidine rings is 1. The van der Waals surface area contributed by atoms with Gasteiger partial charge in [0.2, 0.25) is 0 Å². The number of ether oxygens (including phenoxy) is 3. The molecule has 0 bridgehead atoms. The topological polar surface area (TPSA) is 48.0 Å². The number of benzene rings is 1. The Bertz CT molecular complexity index is 495. The van der Waals surface area contributed by atoms with Crippen molar-refractivity contribution in [2.45, 2.75) is 32.3 Å². The molecule has 0 spiro atoms. The predicted octanol–water partition coefficient (Wildman–Crippen LogP) is 2.27. The number of carbonyl (C=O) groups excluding carboxylic acids is 1. The van der Waals surface area contributed by atoms with Gasteiger partial charge >= 0.3 is 5.97 Å². The van der Waals surface area contributed by atoms with Gasteiger partial charge in [0.05, 0.1) is 14.2 Å². The van der Waals surface area contributed by atoms with Gasteiger partial charge in [0.1, 0.15) is 6.10 Å². The van der Waals surface area contributed by atoms with Gasteiger partial charge in [-0.05, 0) is 37.0 Å². The number of carbonyl (C=O) groups is 1. The first-order chi connectivity index (χ1) is 10.6. The summed E-state index contributed by atoms with van der Waals surface area (Å²) < 4.78 is 15.8. The van der Waals surface area contributed by atoms with Crippen molar-refractivity contribution in [3.8, 4) is 11.5 Å². The highest BCUT2D eigenvalue weighted by Crippen LogP contribution is 2.27. The molecule has 1 fully saturated rings. The molecular weight excluding hydrogens is 282 g/mol. The van der Waals surface area contributed by atoms with Crippen LogP contribution in [0.3, 0.4) is 0 Å². The number of esters is 1. The third-order valence-electron chi connectivity index (χ3n) is 4.03. The van der Waals surface area contributed by atoms with E-state index < -0.39 is 0 Å². The lowest BCUT2D eigenvalue weighted by molar-refractivity contribution is -0.148. The standard InChI is InChI=1S/C17H25NO4/c1-13(19)22-15-7-10-18(11-8-15)9-6-14-4-5-16(20-2)17(12-14)21-3/h4-5,12,15H,6-11H2,1-3H3. The van der Waals surface area contributed by atoms with Crippen LogP contribution in [0.25, 0.3) is 0 Å². The van der Waals surface area contributed by atoms with Crippen LogP contribution in [-0.4, -0.2) is 50.8 Å². The van der Waals surface area contributed by atoms with Crippen LogP contribution in [0, 0.1) is 0 Å². The Labute approximate surface area is 132 Å². The van der Waals surface area contributed by atoms with Crippen molar-refractivity contribution in [2.24, 2.45) is 0 Å². The first-order valence-electron chi connectivity index (χ1n) is 7.73. The zero-order valence-electron chi connectivity index (χ0n) is 13.6. The molecule has 0 atom stereocenters. The minimum Gasteiger partial charge on any atom is -0.493 e. The predicted molar refractivity (Wildman–Crippen MR) is 84.5 cm³/mol. The molecule has 0 aromatic heterocycles. The second-order valence-corrected chi connectivity index (χ2v) is 5.59. The summed E-state index contributed by atoms with van der Waals surface area (Å²) in [5, 5.41) is 0. The lowest BCUT2D eigenvalue weighted by atomic mass is 10.1. The lowest BCUT2D eigenvalue weighted by Gasteiger charge is -2.31. The Kier molecular flexibility index (Phi) is 6.07. The molecule has 1 saturated heterocycles. The van der Waals surface area contributed by atoms with E-state index in [1.807, 2.05) is 12.1 Å². The van der Waals surface area contributed by atoms with Crippen LogP contribution in [0.5, 0.6) is 11.5 Å². The fourth-order valence-corrected chi connectivity index (χ4v) is 2.81. The number of hydrogen-bond acceptors (Lipinski definition) is 5. The Hall–Kier alpha value is -1.75. The summed E-state index contributed by atoms with van der Waals surface area (Å²) in [7, 11) is 3.30. The van der Waals surface area contributed by atoms with Crippen molar-refractivity contribution in [1.82, 2.24) is 4.90 Å². The van der Waals surface area contributed by atoms with Crippen molar-refractivity contribution in [2.75, 3.05) is 33.9 Å². The van der Waals surface area contributed by atoms with Gasteiger partial charge in [-0.3, -0.25) is 4.79 Å². The van der Waals surface area contributed by atoms with Gasteiger partial charge in [-0.1, -0.05) is 6.07 Å². The molecule has 0 aliphatic carbocycles. The lowest BCUT2D eigenvalue weighted by Crippen LogP contribution is -2.38. The quantitative estimate of drug-likeness (QED) is 0.755. The number of hydrogen-bond donors (Lipinski definition) is 0. The van der Waals surface area contributed by atoms with Gasteiger partial charge in [-0.2, -0.15) is 0 Å². The highest BCUT2D eigenvalue weighted by Gasteiger charge is 2.20. The molecule has 5 heteroatoms. The Morgan fingerprint density at radius 3 is 2.45 bits per heavy atom. The molecule has 1 aliphatic heterocycles. The minimum atomic E-state index is -0.177. The number of methoxy groups -OCH3 is 2. The summed E-state index contributed by atoms with van der Waals surface area (Å²) in [5.41, 5.74) is 1.24. The summed E-state index contributed by atoms with van der Waals surface area (Å²) in [4.78, 5) is 13.4. The maximum Gasteiger partial charge on any atom is 0.302 e. The van der Waals surface area contributed by atoms with E-state index in [0.717, 1.165) is 50.4 Å². The first-order valence-corrected chi connectivity index (χ1v) is 7.73. The fraction of sp³-hybridized carbons (Fsp3) is 0.588. The largest absolute Gasteiger partial charge is 0.493 e. The molecule has 0 radical (unpaired) electrons. The molecule has 0 unspecified atom stereocenters. The summed E-state index contributed by atoms with van der Waals surface area (Å²) in [6, 6.07) is 6.05. The van der Waals surface area contributed by atoms with E-state index in [1.54, 1.807) is 14.2 Å². The van der Waals surface area contributed by atoms with Gasteiger partial charge in [-0.25, -0.2) is 0 Å². The second-order valence-electron chi connectivity index (χ2n) is 5.59. The summed E-state index contributed by atoms with van der Waals surface area (Å²) in [5.74, 6) is 1.35. The van der Waals surface area contributed by atoms with Crippen LogP contribution in [0.1, 0.15) is 25.3 Å². The van der Waals surface area contributed by atoms with Gasteiger partial charge in [-0.15, -0.1) is 0 Å². The Morgan fingerprint density at radius 1 is 1.18 bits per heavy atom. The van der Waals surface area contributed by atoms with Crippen LogP contribution >= 0.6 is 0 Å². The minimum absolute atomic E-state index is 0.0924. The summed E-state index contributed by atoms with van der Waals surface area (Å²) >= 11 is 0. The van der Waals surface area contributed by atoms with Gasteiger partial charge in [0.15, 0.2) is 11.5 Å². The average molecular weight is 307 g/mol. The molecule has 2 rings (SSSR count). The molecule has 22 heavy (non-hydrogen) atoms. The van der Waals surface area contributed by atoms with Gasteiger partial charge < -0.3 is 19.1 Å². The molecule has 122 valence electrons. The molecular formula is C17H25NO4. The Morgan fingerprint density at radius 2 is 1.86 bits per heavy atom. The van der Waals surface area contributed by atoms with E-state index in [2.05, 4.69) is 11.0 Å². The monoisotopic (exact) mass is 307 g/mol. The van der Waals surface area contributed by atoms with Crippen molar-refractivity contribution < 1.29 is 19.0 Å². The summed E-state index contributed by atoms with van der Waals surface area (Å²) in [6.07, 6.45) is 2.91. The highest BCUT2D eigenvalue weighted by atomic mass is 16.5. The number of rotatable bonds is 6. The van der Waals surface area contributed by atoms with E-state index in [0.29, 0.717) is 0 Å². The van der Waals surface area contributed by atoms with E-state index >= 15 is 0 Å². The van der Waals surface area contributed by atoms with E-state index in [1.165, 1.54) is 12.5 Å². The molecule has 1 aliphatic rings. The molecule has 0 amide bonds. The molecule has 5 nitrogen and oxygen atoms in total. The van der Waals surface area contributed by atoms with Crippen LogP contribution in [0.15, 0.2) is 18.2 Å². The van der Waals surface area contributed by atoms with Crippen molar-refractivity contribution in [1.29, 1.82) is 0 Å². The SMILES string of the molecule is COc1ccc(CCN2CCC(OC(C)=O)CC2)cc1OC. The van der Waals surface area contributed by atoms with E-state index in [4.69, 9.17) is 14.2 Å². The smallest absolute Gasteiger partial charge is 0.302 e. The zero-order valence-corrected chi connectivity index (χ0v) is 13.6. The molecule has 1 heterocycles. The third kappa shape index (κ3) is 4.63. The van der Waals surface area contributed by atoms with Crippen LogP contribution in [-0.2, 0) is 16.0 Å². The highest BCUT2D eigenvalue weighted by molar-refractivity contribution is 5.66. The van der Waals surface area contributed by atoms with Crippen LogP contribution in [0.4, 0.5) is 0 Å². The zero-order chi connectivity index (χ0) is 15.9. The average Bonchev–Trinajstić information content (AvgIpc) is 2.53. The maximum atomic E-state index is 11.0. The molecule has 1 aromatic carbocycles. The van der Waals surface area contributed by atoms with Crippen molar-refractivity contribution in [3.05, 3.63) is 23.8 Å². The molecule has 0 N–H and O–H groups in total. The number of nitrogens with zero attached hydrogens (tertiary/aromatic N) is 1. The Balaban J connectivity index is 1.80.